The fourth-order valence-electron chi connectivity index (χ4n) is 3.80. The van der Waals surface area contributed by atoms with Gasteiger partial charge in [0.25, 0.3) is 0 Å². The van der Waals surface area contributed by atoms with Crippen LogP contribution >= 0.6 is 0 Å². The van der Waals surface area contributed by atoms with Crippen LogP contribution in [0, 0.1) is 11.8 Å². The Morgan fingerprint density at radius 1 is 1.00 bits per heavy atom. The first kappa shape index (κ1) is 17.3. The lowest BCUT2D eigenvalue weighted by Crippen LogP contribution is -2.25. The van der Waals surface area contributed by atoms with Gasteiger partial charge in [0.1, 0.15) is 5.76 Å². The van der Waals surface area contributed by atoms with Gasteiger partial charge in [0.2, 0.25) is 0 Å². The van der Waals surface area contributed by atoms with E-state index in [0.717, 1.165) is 28.2 Å². The fourth-order valence-corrected chi connectivity index (χ4v) is 3.80. The monoisotopic (exact) mass is 356 g/mol. The van der Waals surface area contributed by atoms with Gasteiger partial charge in [-0.05, 0) is 36.6 Å². The zero-order valence-corrected chi connectivity index (χ0v) is 15.6. The first-order valence-electron chi connectivity index (χ1n) is 9.38. The van der Waals surface area contributed by atoms with Crippen molar-refractivity contribution in [3.63, 3.8) is 0 Å². The van der Waals surface area contributed by atoms with Gasteiger partial charge >= 0.3 is 0 Å². The minimum Gasteiger partial charge on any atom is -0.506 e. The van der Waals surface area contributed by atoms with Crippen molar-refractivity contribution in [3.8, 4) is 0 Å². The van der Waals surface area contributed by atoms with E-state index >= 15 is 0 Å². The van der Waals surface area contributed by atoms with Crippen molar-refractivity contribution < 1.29 is 5.11 Å². The Bertz CT molecular complexity index is 939. The Balaban J connectivity index is 1.79. The molecule has 3 nitrogen and oxygen atoms in total. The molecule has 1 heterocycles. The van der Waals surface area contributed by atoms with Crippen LogP contribution in [0.2, 0.25) is 0 Å². The average molecular weight is 356 g/mol. The van der Waals surface area contributed by atoms with Crippen LogP contribution in [-0.2, 0) is 0 Å². The second kappa shape index (κ2) is 7.28. The van der Waals surface area contributed by atoms with Crippen LogP contribution in [0.1, 0.15) is 25.5 Å². The molecule has 0 aromatic heterocycles. The Kier molecular flexibility index (Phi) is 4.68. The molecule has 0 saturated heterocycles. The highest BCUT2D eigenvalue weighted by Gasteiger charge is 2.33. The molecule has 3 unspecified atom stereocenters. The third kappa shape index (κ3) is 3.45. The number of fused-ring (bicyclic) bond motifs is 1. The highest BCUT2D eigenvalue weighted by molar-refractivity contribution is 5.94. The quantitative estimate of drug-likeness (QED) is 0.723. The van der Waals surface area contributed by atoms with E-state index in [9.17, 15) is 5.11 Å². The molecule has 0 radical (unpaired) electrons. The van der Waals surface area contributed by atoms with E-state index in [1.807, 2.05) is 61.5 Å². The summed E-state index contributed by atoms with van der Waals surface area (Å²) in [6.45, 7) is 4.15. The Hall–Kier alpha value is -3.07. The first-order valence-corrected chi connectivity index (χ1v) is 9.38. The maximum Gasteiger partial charge on any atom is 0.142 e. The number of allylic oxidation sites excluding steroid dienone is 3. The van der Waals surface area contributed by atoms with Gasteiger partial charge in [-0.2, -0.15) is 0 Å². The predicted molar refractivity (Wildman–Crippen MR) is 112 cm³/mol. The molecule has 2 N–H and O–H groups in total. The van der Waals surface area contributed by atoms with Crippen LogP contribution < -0.4 is 5.32 Å². The maximum atomic E-state index is 11.1. The van der Waals surface area contributed by atoms with Crippen molar-refractivity contribution in [1.29, 1.82) is 0 Å². The second-order valence-corrected chi connectivity index (χ2v) is 7.21. The Morgan fingerprint density at radius 3 is 2.37 bits per heavy atom. The van der Waals surface area contributed by atoms with Crippen LogP contribution in [0.3, 0.4) is 0 Å². The largest absolute Gasteiger partial charge is 0.506 e. The number of nitrogens with zero attached hydrogens (tertiary/aromatic N) is 1. The van der Waals surface area contributed by atoms with Gasteiger partial charge in [-0.25, -0.2) is 0 Å². The van der Waals surface area contributed by atoms with Crippen molar-refractivity contribution in [3.05, 3.63) is 101 Å². The number of aliphatic hydroxyl groups excluding tert-OH is 1. The summed E-state index contributed by atoms with van der Waals surface area (Å²) in [7, 11) is 0. The fraction of sp³-hybridized carbons (Fsp3) is 0.208. The van der Waals surface area contributed by atoms with E-state index in [0.29, 0.717) is 5.76 Å². The van der Waals surface area contributed by atoms with Gasteiger partial charge in [0.05, 0.1) is 11.7 Å². The molecule has 1 aliphatic carbocycles. The molecule has 1 aliphatic heterocycles. The standard InChI is InChI=1S/C24H24N2O/c1-16-15-21(24(27)23-20(16)14-13-17(2)25-23)22(18-9-5-3-6-10-18)26-19-11-7-4-8-12-19/h3-16,20,22,26-27H,1-2H3. The van der Waals surface area contributed by atoms with Crippen molar-refractivity contribution in [2.24, 2.45) is 16.8 Å². The molecule has 0 spiro atoms. The normalized spacial score (nSPS) is 22.6. The minimum absolute atomic E-state index is 0.130. The first-order chi connectivity index (χ1) is 13.1. The Morgan fingerprint density at radius 2 is 1.67 bits per heavy atom. The average Bonchev–Trinajstić information content (AvgIpc) is 2.70. The molecule has 0 amide bonds. The molecule has 136 valence electrons. The number of anilines is 1. The summed E-state index contributed by atoms with van der Waals surface area (Å²) >= 11 is 0. The molecule has 27 heavy (non-hydrogen) atoms. The summed E-state index contributed by atoms with van der Waals surface area (Å²) in [4.78, 5) is 4.66. The van der Waals surface area contributed by atoms with Gasteiger partial charge < -0.3 is 10.4 Å². The lowest BCUT2D eigenvalue weighted by atomic mass is 9.79. The summed E-state index contributed by atoms with van der Waals surface area (Å²) in [5.74, 6) is 0.687. The molecule has 0 fully saturated rings. The molecule has 4 rings (SSSR count). The van der Waals surface area contributed by atoms with Crippen LogP contribution in [0.15, 0.2) is 101 Å². The van der Waals surface area contributed by atoms with Crippen LogP contribution in [0.25, 0.3) is 0 Å². The lowest BCUT2D eigenvalue weighted by molar-refractivity contribution is 0.380. The van der Waals surface area contributed by atoms with Crippen molar-refractivity contribution in [2.45, 2.75) is 19.9 Å². The number of rotatable bonds is 4. The number of nitrogens with one attached hydrogen (secondary N) is 1. The van der Waals surface area contributed by atoms with Gasteiger partial charge in [0.15, 0.2) is 0 Å². The number of aliphatic imine (C=N–C) groups is 1. The number of benzene rings is 2. The number of dihydropyridines is 1. The minimum atomic E-state index is -0.147. The van der Waals surface area contributed by atoms with Crippen molar-refractivity contribution in [1.82, 2.24) is 0 Å². The van der Waals surface area contributed by atoms with E-state index in [1.165, 1.54) is 0 Å². The zero-order valence-electron chi connectivity index (χ0n) is 15.6. The number of aliphatic hydroxyl groups is 1. The molecule has 0 bridgehead atoms. The van der Waals surface area contributed by atoms with Gasteiger partial charge in [-0.3, -0.25) is 4.99 Å². The molecule has 0 saturated carbocycles. The zero-order chi connectivity index (χ0) is 18.8. The van der Waals surface area contributed by atoms with E-state index in [-0.39, 0.29) is 17.9 Å². The summed E-state index contributed by atoms with van der Waals surface area (Å²) in [5, 5.41) is 14.7. The predicted octanol–water partition coefficient (Wildman–Crippen LogP) is 5.83. The van der Waals surface area contributed by atoms with E-state index < -0.39 is 0 Å². The SMILES string of the molecule is CC1=NC2=C(O)C(C(Nc3ccccc3)c3ccccc3)=CC(C)C2C=C1. The molecule has 2 aromatic carbocycles. The highest BCUT2D eigenvalue weighted by atomic mass is 16.3. The molecular weight excluding hydrogens is 332 g/mol. The van der Waals surface area contributed by atoms with Crippen LogP contribution in [0.4, 0.5) is 5.69 Å². The molecule has 3 heteroatoms. The molecule has 2 aromatic rings. The molecule has 3 atom stereocenters. The van der Waals surface area contributed by atoms with E-state index in [1.54, 1.807) is 0 Å². The van der Waals surface area contributed by atoms with Crippen molar-refractivity contribution in [2.75, 3.05) is 5.32 Å². The number of para-hydroxylation sites is 1. The smallest absolute Gasteiger partial charge is 0.142 e. The number of hydrogen-bond donors (Lipinski definition) is 2. The van der Waals surface area contributed by atoms with E-state index in [2.05, 4.69) is 41.5 Å². The van der Waals surface area contributed by atoms with Gasteiger partial charge in [-0.15, -0.1) is 0 Å². The van der Waals surface area contributed by atoms with Crippen LogP contribution in [-0.4, -0.2) is 10.8 Å². The van der Waals surface area contributed by atoms with Crippen LogP contribution in [0.5, 0.6) is 0 Å². The topological polar surface area (TPSA) is 44.6 Å². The Labute approximate surface area is 160 Å². The van der Waals surface area contributed by atoms with Gasteiger partial charge in [0, 0.05) is 22.9 Å². The summed E-state index contributed by atoms with van der Waals surface area (Å²) in [6, 6.07) is 20.2. The van der Waals surface area contributed by atoms with Gasteiger partial charge in [-0.1, -0.05) is 67.6 Å². The summed E-state index contributed by atoms with van der Waals surface area (Å²) in [5.41, 5.74) is 4.71. The molecule has 2 aliphatic rings. The van der Waals surface area contributed by atoms with Crippen molar-refractivity contribution >= 4 is 11.4 Å². The van der Waals surface area contributed by atoms with E-state index in [4.69, 9.17) is 0 Å². The third-order valence-corrected chi connectivity index (χ3v) is 5.21. The number of hydrogen-bond acceptors (Lipinski definition) is 3. The third-order valence-electron chi connectivity index (χ3n) is 5.21. The summed E-state index contributed by atoms with van der Waals surface area (Å²) < 4.78 is 0. The maximum absolute atomic E-state index is 11.1. The molecular formula is C24H24N2O. The lowest BCUT2D eigenvalue weighted by Gasteiger charge is -2.32. The summed E-state index contributed by atoms with van der Waals surface area (Å²) in [6.07, 6.45) is 6.36. The highest BCUT2D eigenvalue weighted by Crippen LogP contribution is 2.41. The second-order valence-electron chi connectivity index (χ2n) is 7.21.